The number of pyridine rings is 1. The Morgan fingerprint density at radius 1 is 1.00 bits per heavy atom. The molecule has 0 aliphatic heterocycles. The van der Waals surface area contributed by atoms with E-state index in [1.807, 2.05) is 48.5 Å². The maximum absolute atomic E-state index is 13.3. The molecule has 0 radical (unpaired) electrons. The van der Waals surface area contributed by atoms with Gasteiger partial charge in [0.15, 0.2) is 0 Å². The van der Waals surface area contributed by atoms with Gasteiger partial charge in [-0.05, 0) is 85.5 Å². The summed E-state index contributed by atoms with van der Waals surface area (Å²) in [5.74, 6) is 0.637. The van der Waals surface area contributed by atoms with Gasteiger partial charge in [0.2, 0.25) is 5.91 Å². The number of benzene rings is 2. The predicted octanol–water partition coefficient (Wildman–Crippen LogP) is 4.08. The molecule has 1 saturated carbocycles. The average molecular weight is 470 g/mol. The molecule has 1 atom stereocenters. The molecule has 0 saturated heterocycles. The number of nitrogens with one attached hydrogen (secondary N) is 3. The minimum atomic E-state index is -0.253. The molecular weight excluding hydrogens is 438 g/mol. The largest absolute Gasteiger partial charge is 0.347 e. The molecule has 2 aromatic heterocycles. The van der Waals surface area contributed by atoms with E-state index in [1.54, 1.807) is 6.20 Å². The van der Waals surface area contributed by atoms with Crippen LogP contribution < -0.4 is 16.6 Å². The van der Waals surface area contributed by atoms with Gasteiger partial charge in [0.05, 0.1) is 22.6 Å². The molecule has 180 valence electrons. The molecule has 7 nitrogen and oxygen atoms in total. The topological polar surface area (TPSA) is 117 Å². The first-order valence-corrected chi connectivity index (χ1v) is 12.3. The quantitative estimate of drug-likeness (QED) is 0.326. The van der Waals surface area contributed by atoms with E-state index >= 15 is 0 Å². The molecule has 7 heteroatoms. The lowest BCUT2D eigenvalue weighted by Crippen LogP contribution is -2.37. The summed E-state index contributed by atoms with van der Waals surface area (Å²) in [5, 5.41) is 9.42. The first-order valence-electron chi connectivity index (χ1n) is 12.3. The van der Waals surface area contributed by atoms with Gasteiger partial charge in [0.1, 0.15) is 0 Å². The molecule has 1 amide bonds. The van der Waals surface area contributed by atoms with Crippen LogP contribution in [-0.4, -0.2) is 27.6 Å². The SMILES string of the molecule is NCC1CCC(C(=O)N[C@@H](Cc2ccccc2)c2cc(-c3ccc4[nH][nH]c(=O)c4c3)ccn2)CC1. The number of rotatable bonds is 7. The predicted molar refractivity (Wildman–Crippen MR) is 138 cm³/mol. The van der Waals surface area contributed by atoms with Gasteiger partial charge in [0.25, 0.3) is 5.56 Å². The zero-order chi connectivity index (χ0) is 24.2. The van der Waals surface area contributed by atoms with Gasteiger partial charge in [0, 0.05) is 12.1 Å². The van der Waals surface area contributed by atoms with Crippen molar-refractivity contribution in [1.29, 1.82) is 0 Å². The molecule has 2 aromatic carbocycles. The van der Waals surface area contributed by atoms with Crippen LogP contribution in [-0.2, 0) is 11.2 Å². The Bertz CT molecular complexity index is 1350. The standard InChI is InChI=1S/C28H31N5O2/c29-17-19-6-8-20(9-7-19)27(34)31-26(14-18-4-2-1-3-5-18)25-16-22(12-13-30-25)21-10-11-24-23(15-21)28(35)33-32-24/h1-5,10-13,15-16,19-20,26H,6-9,14,17,29H2,(H,31,34)(H2,32,33,35)/t19?,20?,26-/m0/s1. The van der Waals surface area contributed by atoms with Crippen molar-refractivity contribution in [3.05, 3.63) is 88.5 Å². The summed E-state index contributed by atoms with van der Waals surface area (Å²) in [5.41, 5.74) is 10.3. The molecule has 1 aliphatic rings. The minimum absolute atomic E-state index is 0.0157. The van der Waals surface area contributed by atoms with Crippen molar-refractivity contribution in [3.63, 3.8) is 0 Å². The van der Waals surface area contributed by atoms with Crippen LogP contribution >= 0.6 is 0 Å². The highest BCUT2D eigenvalue weighted by Gasteiger charge is 2.28. The number of carbonyl (C=O) groups excluding carboxylic acids is 1. The van der Waals surface area contributed by atoms with E-state index in [0.29, 0.717) is 24.3 Å². The Hall–Kier alpha value is -3.71. The van der Waals surface area contributed by atoms with Crippen LogP contribution in [0.25, 0.3) is 22.0 Å². The maximum Gasteiger partial charge on any atom is 0.271 e. The van der Waals surface area contributed by atoms with Crippen LogP contribution in [0.3, 0.4) is 0 Å². The van der Waals surface area contributed by atoms with Crippen molar-refractivity contribution in [2.24, 2.45) is 17.6 Å². The zero-order valence-electron chi connectivity index (χ0n) is 19.7. The molecular formula is C28H31N5O2. The fourth-order valence-electron chi connectivity index (χ4n) is 5.06. The van der Waals surface area contributed by atoms with Crippen molar-refractivity contribution in [3.8, 4) is 11.1 Å². The lowest BCUT2D eigenvalue weighted by molar-refractivity contribution is -0.127. The fourth-order valence-corrected chi connectivity index (χ4v) is 5.06. The molecule has 35 heavy (non-hydrogen) atoms. The van der Waals surface area contributed by atoms with Gasteiger partial charge >= 0.3 is 0 Å². The maximum atomic E-state index is 13.3. The van der Waals surface area contributed by atoms with E-state index in [4.69, 9.17) is 5.73 Å². The number of aromatic amines is 2. The Morgan fingerprint density at radius 2 is 1.77 bits per heavy atom. The van der Waals surface area contributed by atoms with E-state index in [0.717, 1.165) is 53.6 Å². The fraction of sp³-hybridized carbons (Fsp3) is 0.321. The number of nitrogens with zero attached hydrogens (tertiary/aromatic N) is 1. The number of amides is 1. The second-order valence-corrected chi connectivity index (χ2v) is 9.51. The number of aromatic nitrogens is 3. The van der Waals surface area contributed by atoms with Crippen LogP contribution in [0.2, 0.25) is 0 Å². The summed E-state index contributed by atoms with van der Waals surface area (Å²) < 4.78 is 0. The Morgan fingerprint density at radius 3 is 2.54 bits per heavy atom. The lowest BCUT2D eigenvalue weighted by Gasteiger charge is -2.28. The Labute approximate surface area is 204 Å². The van der Waals surface area contributed by atoms with Crippen LogP contribution in [0.4, 0.5) is 0 Å². The van der Waals surface area contributed by atoms with Crippen LogP contribution in [0.5, 0.6) is 0 Å². The summed E-state index contributed by atoms with van der Waals surface area (Å²) in [4.78, 5) is 30.0. The summed E-state index contributed by atoms with van der Waals surface area (Å²) >= 11 is 0. The van der Waals surface area contributed by atoms with Crippen molar-refractivity contribution in [1.82, 2.24) is 20.5 Å². The number of fused-ring (bicyclic) bond motifs is 1. The van der Waals surface area contributed by atoms with Crippen molar-refractivity contribution in [2.75, 3.05) is 6.54 Å². The molecule has 5 N–H and O–H groups in total. The van der Waals surface area contributed by atoms with Gasteiger partial charge in [-0.25, -0.2) is 0 Å². The minimum Gasteiger partial charge on any atom is -0.347 e. The second kappa shape index (κ2) is 10.3. The molecule has 0 unspecified atom stereocenters. The van der Waals surface area contributed by atoms with Crippen molar-refractivity contribution >= 4 is 16.8 Å². The first kappa shape index (κ1) is 23.1. The summed E-state index contributed by atoms with van der Waals surface area (Å²) in [6, 6.07) is 19.6. The summed E-state index contributed by atoms with van der Waals surface area (Å²) in [7, 11) is 0. The highest BCUT2D eigenvalue weighted by molar-refractivity contribution is 5.84. The molecule has 0 bridgehead atoms. The number of H-pyrrole nitrogens is 2. The van der Waals surface area contributed by atoms with E-state index in [1.165, 1.54) is 0 Å². The molecule has 2 heterocycles. The third-order valence-corrected chi connectivity index (χ3v) is 7.20. The summed E-state index contributed by atoms with van der Waals surface area (Å²) in [6.45, 7) is 0.697. The van der Waals surface area contributed by atoms with E-state index in [2.05, 4.69) is 32.6 Å². The number of carbonyl (C=O) groups is 1. The second-order valence-electron chi connectivity index (χ2n) is 9.51. The third kappa shape index (κ3) is 5.20. The van der Waals surface area contributed by atoms with Crippen molar-refractivity contribution < 1.29 is 4.79 Å². The average Bonchev–Trinajstić information content (AvgIpc) is 3.29. The van der Waals surface area contributed by atoms with Gasteiger partial charge in [-0.2, -0.15) is 0 Å². The number of hydrogen-bond acceptors (Lipinski definition) is 4. The van der Waals surface area contributed by atoms with Crippen LogP contribution in [0.1, 0.15) is 43.0 Å². The van der Waals surface area contributed by atoms with E-state index in [-0.39, 0.29) is 23.4 Å². The van der Waals surface area contributed by atoms with E-state index < -0.39 is 0 Å². The van der Waals surface area contributed by atoms with E-state index in [9.17, 15) is 9.59 Å². The molecule has 4 aromatic rings. The first-order chi connectivity index (χ1) is 17.1. The van der Waals surface area contributed by atoms with Crippen LogP contribution in [0.15, 0.2) is 71.7 Å². The highest BCUT2D eigenvalue weighted by Crippen LogP contribution is 2.30. The Balaban J connectivity index is 1.42. The Kier molecular flexibility index (Phi) is 6.77. The molecule has 5 rings (SSSR count). The van der Waals surface area contributed by atoms with Gasteiger partial charge in [-0.15, -0.1) is 0 Å². The molecule has 0 spiro atoms. The normalized spacial score (nSPS) is 18.9. The van der Waals surface area contributed by atoms with Crippen molar-refractivity contribution in [2.45, 2.75) is 38.1 Å². The monoisotopic (exact) mass is 469 g/mol. The highest BCUT2D eigenvalue weighted by atomic mass is 16.2. The summed E-state index contributed by atoms with van der Waals surface area (Å²) in [6.07, 6.45) is 6.19. The zero-order valence-corrected chi connectivity index (χ0v) is 19.7. The number of hydrogen-bond donors (Lipinski definition) is 4. The molecule has 1 aliphatic carbocycles. The lowest BCUT2D eigenvalue weighted by atomic mass is 9.81. The van der Waals surface area contributed by atoms with Crippen LogP contribution in [0, 0.1) is 11.8 Å². The third-order valence-electron chi connectivity index (χ3n) is 7.20. The van der Waals surface area contributed by atoms with Gasteiger partial charge in [-0.3, -0.25) is 24.8 Å². The van der Waals surface area contributed by atoms with Gasteiger partial charge < -0.3 is 11.1 Å². The number of nitrogens with two attached hydrogens (primary N) is 1. The smallest absolute Gasteiger partial charge is 0.271 e. The molecule has 1 fully saturated rings. The van der Waals surface area contributed by atoms with Gasteiger partial charge in [-0.1, -0.05) is 36.4 Å².